The van der Waals surface area contributed by atoms with Crippen molar-refractivity contribution < 1.29 is 23.5 Å². The Hall–Kier alpha value is -1.98. The van der Waals surface area contributed by atoms with E-state index in [2.05, 4.69) is 0 Å². The average Bonchev–Trinajstić information content (AvgIpc) is 2.47. The Bertz CT molecular complexity index is 672. The van der Waals surface area contributed by atoms with E-state index in [1.165, 1.54) is 12.1 Å². The molecule has 0 spiro atoms. The first-order valence-corrected chi connectivity index (χ1v) is 8.33. The van der Waals surface area contributed by atoms with E-state index >= 15 is 0 Å². The van der Waals surface area contributed by atoms with Crippen LogP contribution in [-0.4, -0.2) is 35.0 Å². The van der Waals surface area contributed by atoms with Crippen LogP contribution >= 0.6 is 0 Å². The monoisotopic (exact) mass is 337 g/mol. The highest BCUT2D eigenvalue weighted by molar-refractivity contribution is 5.89. The van der Waals surface area contributed by atoms with E-state index in [9.17, 15) is 23.5 Å². The van der Waals surface area contributed by atoms with Gasteiger partial charge in [-0.2, -0.15) is 0 Å². The lowest BCUT2D eigenvalue weighted by Gasteiger charge is -2.46. The van der Waals surface area contributed by atoms with E-state index in [-0.39, 0.29) is 17.4 Å². The molecule has 1 aromatic carbocycles. The summed E-state index contributed by atoms with van der Waals surface area (Å²) in [6, 6.07) is 3.38. The van der Waals surface area contributed by atoms with Gasteiger partial charge in [-0.1, -0.05) is 19.4 Å². The molecule has 0 aromatic heterocycles. The van der Waals surface area contributed by atoms with Gasteiger partial charge in [-0.3, -0.25) is 9.59 Å². The Morgan fingerprint density at radius 1 is 1.29 bits per heavy atom. The first-order valence-electron chi connectivity index (χ1n) is 8.33. The van der Waals surface area contributed by atoms with Crippen molar-refractivity contribution in [1.82, 2.24) is 4.90 Å². The molecule has 6 heteroatoms. The summed E-state index contributed by atoms with van der Waals surface area (Å²) >= 11 is 0. The van der Waals surface area contributed by atoms with Crippen LogP contribution in [0.1, 0.15) is 38.2 Å². The van der Waals surface area contributed by atoms with Crippen LogP contribution < -0.4 is 0 Å². The number of piperidine rings is 1. The maximum Gasteiger partial charge on any atom is 0.306 e. The van der Waals surface area contributed by atoms with Crippen LogP contribution in [-0.2, 0) is 15.0 Å². The molecule has 0 bridgehead atoms. The largest absolute Gasteiger partial charge is 0.481 e. The van der Waals surface area contributed by atoms with Crippen molar-refractivity contribution in [1.29, 1.82) is 0 Å². The Labute approximate surface area is 139 Å². The van der Waals surface area contributed by atoms with Gasteiger partial charge in [0.2, 0.25) is 5.91 Å². The van der Waals surface area contributed by atoms with Crippen LogP contribution in [0.2, 0.25) is 0 Å². The number of amides is 1. The number of carboxylic acid groups (broad SMARTS) is 1. The number of carboxylic acids is 1. The molecule has 1 amide bonds. The summed E-state index contributed by atoms with van der Waals surface area (Å²) in [6.07, 6.45) is 2.32. The normalized spacial score (nSPS) is 25.9. The van der Waals surface area contributed by atoms with Crippen LogP contribution in [0.4, 0.5) is 8.78 Å². The second-order valence-electron chi connectivity index (χ2n) is 7.02. The zero-order valence-corrected chi connectivity index (χ0v) is 13.6. The van der Waals surface area contributed by atoms with E-state index in [0.717, 1.165) is 12.5 Å². The summed E-state index contributed by atoms with van der Waals surface area (Å²) in [7, 11) is 0. The van der Waals surface area contributed by atoms with Gasteiger partial charge < -0.3 is 10.0 Å². The molecule has 1 aliphatic heterocycles. The molecule has 2 atom stereocenters. The molecule has 1 saturated heterocycles. The third kappa shape index (κ3) is 2.68. The number of likely N-dealkylation sites (tertiary alicyclic amines) is 1. The molecule has 4 nitrogen and oxygen atoms in total. The molecule has 1 N–H and O–H groups in total. The van der Waals surface area contributed by atoms with Gasteiger partial charge in [-0.25, -0.2) is 8.78 Å². The highest BCUT2D eigenvalue weighted by atomic mass is 19.1. The number of benzene rings is 1. The van der Waals surface area contributed by atoms with Gasteiger partial charge in [-0.05, 0) is 31.2 Å². The van der Waals surface area contributed by atoms with Crippen LogP contribution in [0.15, 0.2) is 18.2 Å². The number of nitrogens with zero attached hydrogens (tertiary/aromatic N) is 1. The fourth-order valence-corrected chi connectivity index (χ4v) is 4.01. The van der Waals surface area contributed by atoms with Crippen LogP contribution in [0, 0.1) is 23.5 Å². The van der Waals surface area contributed by atoms with E-state index in [0.29, 0.717) is 32.4 Å². The van der Waals surface area contributed by atoms with E-state index in [4.69, 9.17) is 0 Å². The minimum atomic E-state index is -0.923. The Morgan fingerprint density at radius 3 is 2.50 bits per heavy atom. The summed E-state index contributed by atoms with van der Waals surface area (Å²) in [5, 5.41) is 9.20. The lowest BCUT2D eigenvalue weighted by atomic mass is 9.63. The van der Waals surface area contributed by atoms with Crippen molar-refractivity contribution in [3.8, 4) is 0 Å². The number of rotatable bonds is 3. The van der Waals surface area contributed by atoms with E-state index < -0.39 is 28.9 Å². The van der Waals surface area contributed by atoms with Crippen LogP contribution in [0.3, 0.4) is 0 Å². The summed E-state index contributed by atoms with van der Waals surface area (Å²) < 4.78 is 27.4. The Morgan fingerprint density at radius 2 is 2.00 bits per heavy atom. The first-order chi connectivity index (χ1) is 11.3. The predicted octanol–water partition coefficient (Wildman–Crippen LogP) is 2.96. The highest BCUT2D eigenvalue weighted by Gasteiger charge is 2.50. The van der Waals surface area contributed by atoms with Gasteiger partial charge in [0.1, 0.15) is 11.6 Å². The maximum absolute atomic E-state index is 14.3. The quantitative estimate of drug-likeness (QED) is 0.922. The molecule has 1 saturated carbocycles. The minimum Gasteiger partial charge on any atom is -0.481 e. The van der Waals surface area contributed by atoms with Crippen molar-refractivity contribution >= 4 is 11.9 Å². The summed E-state index contributed by atoms with van der Waals surface area (Å²) in [6.45, 7) is 2.55. The number of hydrogen-bond acceptors (Lipinski definition) is 2. The van der Waals surface area contributed by atoms with Crippen molar-refractivity contribution in [2.45, 2.75) is 38.0 Å². The SMILES string of the molecule is CC1CN(C(=O)C2(c3ccc(F)cc3F)CCC2)CCC1C(=O)O. The molecule has 1 heterocycles. The fourth-order valence-electron chi connectivity index (χ4n) is 4.01. The molecule has 24 heavy (non-hydrogen) atoms. The van der Waals surface area contributed by atoms with Crippen LogP contribution in [0.5, 0.6) is 0 Å². The summed E-state index contributed by atoms with van der Waals surface area (Å²) in [4.78, 5) is 26.0. The van der Waals surface area contributed by atoms with E-state index in [1.807, 2.05) is 6.92 Å². The Kier molecular flexibility index (Phi) is 4.32. The second kappa shape index (κ2) is 6.15. The molecule has 2 aliphatic rings. The standard InChI is InChI=1S/C18H21F2NO3/c1-11-10-21(8-5-13(11)16(22)23)17(24)18(6-2-7-18)14-4-3-12(19)9-15(14)20/h3-4,9,11,13H,2,5-8,10H2,1H3,(H,22,23). The van der Waals surface area contributed by atoms with Gasteiger partial charge in [0.05, 0.1) is 11.3 Å². The molecular weight excluding hydrogens is 316 g/mol. The maximum atomic E-state index is 14.3. The van der Waals surface area contributed by atoms with E-state index in [1.54, 1.807) is 4.90 Å². The number of carbonyl (C=O) groups is 2. The van der Waals surface area contributed by atoms with Gasteiger partial charge in [0, 0.05) is 24.7 Å². The van der Waals surface area contributed by atoms with Crippen LogP contribution in [0.25, 0.3) is 0 Å². The smallest absolute Gasteiger partial charge is 0.306 e. The molecule has 2 fully saturated rings. The minimum absolute atomic E-state index is 0.143. The molecule has 1 aromatic rings. The molecule has 1 aliphatic carbocycles. The lowest BCUT2D eigenvalue weighted by molar-refractivity contribution is -0.151. The predicted molar refractivity (Wildman–Crippen MR) is 83.4 cm³/mol. The van der Waals surface area contributed by atoms with Gasteiger partial charge >= 0.3 is 5.97 Å². The molecule has 3 rings (SSSR count). The third-order valence-electron chi connectivity index (χ3n) is 5.57. The van der Waals surface area contributed by atoms with Crippen molar-refractivity contribution in [3.63, 3.8) is 0 Å². The molecule has 0 radical (unpaired) electrons. The van der Waals surface area contributed by atoms with Crippen molar-refractivity contribution in [3.05, 3.63) is 35.4 Å². The number of carbonyl (C=O) groups excluding carboxylic acids is 1. The van der Waals surface area contributed by atoms with Crippen molar-refractivity contribution in [2.24, 2.45) is 11.8 Å². The van der Waals surface area contributed by atoms with Crippen molar-refractivity contribution in [2.75, 3.05) is 13.1 Å². The lowest BCUT2D eigenvalue weighted by Crippen LogP contribution is -2.55. The first kappa shape index (κ1) is 16.9. The second-order valence-corrected chi connectivity index (χ2v) is 7.02. The topological polar surface area (TPSA) is 57.6 Å². The summed E-state index contributed by atoms with van der Waals surface area (Å²) in [5.74, 6) is -2.93. The highest BCUT2D eigenvalue weighted by Crippen LogP contribution is 2.46. The van der Waals surface area contributed by atoms with Gasteiger partial charge in [0.15, 0.2) is 0 Å². The number of aliphatic carboxylic acids is 1. The summed E-state index contributed by atoms with van der Waals surface area (Å²) in [5.41, 5.74) is -0.665. The fraction of sp³-hybridized carbons (Fsp3) is 0.556. The molecule has 2 unspecified atom stereocenters. The zero-order chi connectivity index (χ0) is 17.5. The number of halogens is 2. The Balaban J connectivity index is 1.84. The molecular formula is C18H21F2NO3. The third-order valence-corrected chi connectivity index (χ3v) is 5.57. The average molecular weight is 337 g/mol. The van der Waals surface area contributed by atoms with Gasteiger partial charge in [0.25, 0.3) is 0 Å². The van der Waals surface area contributed by atoms with Gasteiger partial charge in [-0.15, -0.1) is 0 Å². The number of hydrogen-bond donors (Lipinski definition) is 1. The molecule has 130 valence electrons. The zero-order valence-electron chi connectivity index (χ0n) is 13.6.